The lowest BCUT2D eigenvalue weighted by atomic mass is 10.1. The molecule has 0 aliphatic rings. The predicted molar refractivity (Wildman–Crippen MR) is 83.2 cm³/mol. The van der Waals surface area contributed by atoms with Crippen LogP contribution in [-0.4, -0.2) is 33.2 Å². The highest BCUT2D eigenvalue weighted by atomic mass is 32.1. The highest BCUT2D eigenvalue weighted by molar-refractivity contribution is 7.14. The summed E-state index contributed by atoms with van der Waals surface area (Å²) in [7, 11) is 4.22. The Bertz CT molecular complexity index is 673. The maximum absolute atomic E-state index is 12.5. The SMILES string of the molecule is COC(=O)c1ccsc1NC(=O)c1c(OC)cccc1OC. The Morgan fingerprint density at radius 3 is 2.23 bits per heavy atom. The molecule has 0 bridgehead atoms. The van der Waals surface area contributed by atoms with Crippen molar-refractivity contribution in [3.05, 3.63) is 40.8 Å². The summed E-state index contributed by atoms with van der Waals surface area (Å²) in [6.45, 7) is 0. The molecule has 6 nitrogen and oxygen atoms in total. The number of esters is 1. The average Bonchev–Trinajstić information content (AvgIpc) is 3.01. The molecular formula is C15H15NO5S. The number of anilines is 1. The van der Waals surface area contributed by atoms with Crippen LogP contribution in [0.1, 0.15) is 20.7 Å². The Balaban J connectivity index is 2.34. The number of carbonyl (C=O) groups is 2. The van der Waals surface area contributed by atoms with Crippen LogP contribution >= 0.6 is 11.3 Å². The Kier molecular flexibility index (Phi) is 5.00. The fourth-order valence-corrected chi connectivity index (χ4v) is 2.69. The van der Waals surface area contributed by atoms with Gasteiger partial charge >= 0.3 is 5.97 Å². The zero-order valence-electron chi connectivity index (χ0n) is 12.3. The fourth-order valence-electron chi connectivity index (χ4n) is 1.92. The maximum atomic E-state index is 12.5. The van der Waals surface area contributed by atoms with Crippen molar-refractivity contribution in [1.29, 1.82) is 0 Å². The third kappa shape index (κ3) is 3.04. The van der Waals surface area contributed by atoms with E-state index in [0.29, 0.717) is 22.1 Å². The number of thiophene rings is 1. The van der Waals surface area contributed by atoms with E-state index < -0.39 is 11.9 Å². The van der Waals surface area contributed by atoms with Gasteiger partial charge in [-0.1, -0.05) is 6.07 Å². The molecule has 0 saturated carbocycles. The van der Waals surface area contributed by atoms with Crippen molar-refractivity contribution in [2.75, 3.05) is 26.6 Å². The molecule has 116 valence electrons. The number of hydrogen-bond donors (Lipinski definition) is 1. The molecule has 2 rings (SSSR count). The first-order valence-electron chi connectivity index (χ1n) is 6.30. The molecule has 1 aromatic carbocycles. The van der Waals surface area contributed by atoms with Crippen LogP contribution in [0.4, 0.5) is 5.00 Å². The van der Waals surface area contributed by atoms with Gasteiger partial charge < -0.3 is 19.5 Å². The molecule has 0 unspecified atom stereocenters. The summed E-state index contributed by atoms with van der Waals surface area (Å²) in [5.41, 5.74) is 0.562. The molecule has 2 aromatic rings. The molecular weight excluding hydrogens is 306 g/mol. The Morgan fingerprint density at radius 2 is 1.68 bits per heavy atom. The number of nitrogens with one attached hydrogen (secondary N) is 1. The lowest BCUT2D eigenvalue weighted by Gasteiger charge is -2.12. The molecule has 0 atom stereocenters. The molecule has 0 fully saturated rings. The van der Waals surface area contributed by atoms with E-state index in [9.17, 15) is 9.59 Å². The summed E-state index contributed by atoms with van der Waals surface area (Å²) in [6.07, 6.45) is 0. The van der Waals surface area contributed by atoms with Crippen molar-refractivity contribution in [1.82, 2.24) is 0 Å². The summed E-state index contributed by atoms with van der Waals surface area (Å²) in [6, 6.07) is 6.63. The van der Waals surface area contributed by atoms with Crippen LogP contribution in [0.3, 0.4) is 0 Å². The molecule has 7 heteroatoms. The minimum atomic E-state index is -0.511. The molecule has 0 radical (unpaired) electrons. The standard InChI is InChI=1S/C15H15NO5S/c1-19-10-5-4-6-11(20-2)12(10)13(17)16-14-9(7-8-22-14)15(18)21-3/h4-8H,1-3H3,(H,16,17). The quantitative estimate of drug-likeness (QED) is 0.857. The first-order chi connectivity index (χ1) is 10.6. The van der Waals surface area contributed by atoms with Gasteiger partial charge in [-0.3, -0.25) is 4.79 Å². The maximum Gasteiger partial charge on any atom is 0.340 e. The summed E-state index contributed by atoms with van der Waals surface area (Å²) in [5.74, 6) is -0.175. The second-order valence-corrected chi connectivity index (χ2v) is 5.06. The molecule has 0 spiro atoms. The second-order valence-electron chi connectivity index (χ2n) is 4.15. The van der Waals surface area contributed by atoms with Crippen molar-refractivity contribution in [3.8, 4) is 11.5 Å². The van der Waals surface area contributed by atoms with Gasteiger partial charge in [0.1, 0.15) is 22.1 Å². The zero-order chi connectivity index (χ0) is 16.1. The summed E-state index contributed by atoms with van der Waals surface area (Å²) >= 11 is 1.23. The van der Waals surface area contributed by atoms with Crippen molar-refractivity contribution in [2.24, 2.45) is 0 Å². The molecule has 1 amide bonds. The minimum absolute atomic E-state index is 0.261. The number of methoxy groups -OCH3 is 3. The first-order valence-corrected chi connectivity index (χ1v) is 7.18. The van der Waals surface area contributed by atoms with E-state index >= 15 is 0 Å². The molecule has 0 aliphatic heterocycles. The number of rotatable bonds is 5. The van der Waals surface area contributed by atoms with Crippen LogP contribution in [0.5, 0.6) is 11.5 Å². The number of ether oxygens (including phenoxy) is 3. The van der Waals surface area contributed by atoms with Gasteiger partial charge in [-0.05, 0) is 23.6 Å². The topological polar surface area (TPSA) is 73.9 Å². The fraction of sp³-hybridized carbons (Fsp3) is 0.200. The van der Waals surface area contributed by atoms with Crippen molar-refractivity contribution < 1.29 is 23.8 Å². The van der Waals surface area contributed by atoms with Gasteiger partial charge in [0.15, 0.2) is 0 Å². The van der Waals surface area contributed by atoms with Gasteiger partial charge in [-0.15, -0.1) is 11.3 Å². The molecule has 0 aliphatic carbocycles. The molecule has 1 N–H and O–H groups in total. The van der Waals surface area contributed by atoms with E-state index in [1.165, 1.54) is 32.7 Å². The number of benzene rings is 1. The summed E-state index contributed by atoms with van der Waals surface area (Å²) in [5, 5.41) is 4.79. The first kappa shape index (κ1) is 15.8. The molecule has 1 aromatic heterocycles. The number of carbonyl (C=O) groups excluding carboxylic acids is 2. The summed E-state index contributed by atoms with van der Waals surface area (Å²) < 4.78 is 15.1. The van der Waals surface area contributed by atoms with Crippen LogP contribution in [-0.2, 0) is 4.74 Å². The Morgan fingerprint density at radius 1 is 1.05 bits per heavy atom. The van der Waals surface area contributed by atoms with Gasteiger partial charge in [0.2, 0.25) is 0 Å². The largest absolute Gasteiger partial charge is 0.496 e. The van der Waals surface area contributed by atoms with E-state index in [2.05, 4.69) is 10.1 Å². The molecule has 1 heterocycles. The van der Waals surface area contributed by atoms with Crippen LogP contribution in [0.2, 0.25) is 0 Å². The van der Waals surface area contributed by atoms with E-state index in [-0.39, 0.29) is 5.56 Å². The van der Waals surface area contributed by atoms with Gasteiger partial charge in [-0.25, -0.2) is 4.79 Å². The lowest BCUT2D eigenvalue weighted by molar-refractivity contribution is 0.0602. The van der Waals surface area contributed by atoms with Crippen molar-refractivity contribution in [2.45, 2.75) is 0 Å². The highest BCUT2D eigenvalue weighted by Crippen LogP contribution is 2.31. The van der Waals surface area contributed by atoms with Gasteiger partial charge in [0.25, 0.3) is 5.91 Å². The van der Waals surface area contributed by atoms with E-state index in [0.717, 1.165) is 0 Å². The van der Waals surface area contributed by atoms with E-state index in [1.54, 1.807) is 29.6 Å². The molecule has 22 heavy (non-hydrogen) atoms. The number of amides is 1. The minimum Gasteiger partial charge on any atom is -0.496 e. The van der Waals surface area contributed by atoms with Crippen molar-refractivity contribution in [3.63, 3.8) is 0 Å². The average molecular weight is 321 g/mol. The summed E-state index contributed by atoms with van der Waals surface area (Å²) in [4.78, 5) is 24.2. The smallest absolute Gasteiger partial charge is 0.340 e. The predicted octanol–water partition coefficient (Wildman–Crippen LogP) is 2.80. The lowest BCUT2D eigenvalue weighted by Crippen LogP contribution is -2.15. The second kappa shape index (κ2) is 6.95. The monoisotopic (exact) mass is 321 g/mol. The van der Waals surface area contributed by atoms with E-state index in [4.69, 9.17) is 9.47 Å². The van der Waals surface area contributed by atoms with Crippen LogP contribution in [0.25, 0.3) is 0 Å². The normalized spacial score (nSPS) is 9.95. The van der Waals surface area contributed by atoms with Crippen LogP contribution < -0.4 is 14.8 Å². The number of hydrogen-bond acceptors (Lipinski definition) is 6. The van der Waals surface area contributed by atoms with Gasteiger partial charge in [0.05, 0.1) is 26.9 Å². The third-order valence-corrected chi connectivity index (χ3v) is 3.78. The van der Waals surface area contributed by atoms with E-state index in [1.807, 2.05) is 0 Å². The van der Waals surface area contributed by atoms with Crippen molar-refractivity contribution >= 4 is 28.2 Å². The van der Waals surface area contributed by atoms with Crippen LogP contribution in [0.15, 0.2) is 29.6 Å². The highest BCUT2D eigenvalue weighted by Gasteiger charge is 2.21. The molecule has 0 saturated heterocycles. The van der Waals surface area contributed by atoms with Gasteiger partial charge in [-0.2, -0.15) is 0 Å². The Labute approximate surface area is 131 Å². The third-order valence-electron chi connectivity index (χ3n) is 2.95. The zero-order valence-corrected chi connectivity index (χ0v) is 13.2. The van der Waals surface area contributed by atoms with Gasteiger partial charge in [0, 0.05) is 0 Å². The Hall–Kier alpha value is -2.54. The van der Waals surface area contributed by atoms with Crippen LogP contribution in [0, 0.1) is 0 Å².